The number of methoxy groups -OCH3 is 1. The summed E-state index contributed by atoms with van der Waals surface area (Å²) in [6.07, 6.45) is 1.87. The van der Waals surface area contributed by atoms with Gasteiger partial charge in [0.15, 0.2) is 0 Å². The minimum absolute atomic E-state index is 0.250. The maximum Gasteiger partial charge on any atom is 0.338 e. The van der Waals surface area contributed by atoms with Crippen LogP contribution in [-0.2, 0) is 20.9 Å². The molecule has 0 unspecified atom stereocenters. The highest BCUT2D eigenvalue weighted by Crippen LogP contribution is 2.18. The Balaban J connectivity index is 0.00000114. The second-order valence-electron chi connectivity index (χ2n) is 5.67. The summed E-state index contributed by atoms with van der Waals surface area (Å²) in [5.74, 6) is 0.444. The molecule has 2 rings (SSSR count). The molecule has 27 heavy (non-hydrogen) atoms. The van der Waals surface area contributed by atoms with E-state index in [9.17, 15) is 4.79 Å². The van der Waals surface area contributed by atoms with Crippen LogP contribution in [0.3, 0.4) is 0 Å². The molecule has 0 fully saturated rings. The van der Waals surface area contributed by atoms with E-state index >= 15 is 0 Å². The van der Waals surface area contributed by atoms with E-state index in [-0.39, 0.29) is 12.4 Å². The lowest BCUT2D eigenvalue weighted by molar-refractivity contribution is -0.122. The van der Waals surface area contributed by atoms with Crippen LogP contribution in [0.4, 0.5) is 0 Å². The highest BCUT2D eigenvalue weighted by atomic mass is 16.5. The third kappa shape index (κ3) is 8.87. The quantitative estimate of drug-likeness (QED) is 0.408. The van der Waals surface area contributed by atoms with Crippen LogP contribution in [0.2, 0.25) is 0 Å². The van der Waals surface area contributed by atoms with E-state index in [4.69, 9.17) is 24.1 Å². The molecule has 2 aromatic carbocycles. The van der Waals surface area contributed by atoms with Crippen molar-refractivity contribution in [2.24, 2.45) is 0 Å². The van der Waals surface area contributed by atoms with Gasteiger partial charge < -0.3 is 19.3 Å². The number of hydrogen-bond acceptors (Lipinski definition) is 5. The van der Waals surface area contributed by atoms with Gasteiger partial charge in [-0.3, -0.25) is 4.79 Å². The molecule has 0 atom stereocenters. The van der Waals surface area contributed by atoms with Crippen LogP contribution < -0.4 is 4.74 Å². The summed E-state index contributed by atoms with van der Waals surface area (Å²) >= 11 is 0. The van der Waals surface area contributed by atoms with Crippen LogP contribution >= 0.6 is 0 Å². The van der Waals surface area contributed by atoms with Crippen molar-refractivity contribution in [3.05, 3.63) is 65.2 Å². The minimum atomic E-state index is -0.324. The van der Waals surface area contributed by atoms with Gasteiger partial charge in [-0.25, -0.2) is 4.79 Å². The number of unbranched alkanes of at least 4 members (excludes halogenated alkanes) is 1. The highest BCUT2D eigenvalue weighted by molar-refractivity contribution is 5.91. The van der Waals surface area contributed by atoms with Crippen LogP contribution in [0.1, 0.15) is 34.3 Å². The summed E-state index contributed by atoms with van der Waals surface area (Å²) in [6.45, 7) is 3.62. The SMILES string of the molecule is COC(=O)c1ccc(OCCCCOCc2ccccc2)cc1C.O=CO. The molecule has 0 aliphatic rings. The molecule has 0 radical (unpaired) electrons. The van der Waals surface area contributed by atoms with Crippen LogP contribution in [0.5, 0.6) is 5.75 Å². The van der Waals surface area contributed by atoms with E-state index in [1.165, 1.54) is 12.7 Å². The predicted molar refractivity (Wildman–Crippen MR) is 102 cm³/mol. The maximum absolute atomic E-state index is 11.5. The Hall–Kier alpha value is -2.86. The van der Waals surface area contributed by atoms with Crippen molar-refractivity contribution < 1.29 is 28.9 Å². The van der Waals surface area contributed by atoms with Crippen molar-refractivity contribution in [1.29, 1.82) is 0 Å². The van der Waals surface area contributed by atoms with Gasteiger partial charge in [0.05, 0.1) is 25.9 Å². The van der Waals surface area contributed by atoms with E-state index in [2.05, 4.69) is 12.1 Å². The summed E-state index contributed by atoms with van der Waals surface area (Å²) in [7, 11) is 1.38. The Kier molecular flexibility index (Phi) is 11.0. The minimum Gasteiger partial charge on any atom is -0.494 e. The van der Waals surface area contributed by atoms with Crippen LogP contribution in [0, 0.1) is 6.92 Å². The van der Waals surface area contributed by atoms with Crippen molar-refractivity contribution in [2.75, 3.05) is 20.3 Å². The molecular weight excluding hydrogens is 348 g/mol. The summed E-state index contributed by atoms with van der Waals surface area (Å²) < 4.78 is 16.1. The smallest absolute Gasteiger partial charge is 0.338 e. The molecule has 0 heterocycles. The van der Waals surface area contributed by atoms with Crippen molar-refractivity contribution >= 4 is 12.4 Å². The standard InChI is InChI=1S/C20H24O4.CH2O2/c1-16-14-18(10-11-19(16)20(21)22-2)24-13-7-6-12-23-15-17-8-4-3-5-9-17;2-1-3/h3-5,8-11,14H,6-7,12-13,15H2,1-2H3;1H,(H,2,3). The number of carbonyl (C=O) groups is 2. The van der Waals surface area contributed by atoms with Gasteiger partial charge in [-0.1, -0.05) is 30.3 Å². The first-order valence-electron chi connectivity index (χ1n) is 8.63. The molecule has 0 saturated heterocycles. The molecule has 0 bridgehead atoms. The highest BCUT2D eigenvalue weighted by Gasteiger charge is 2.09. The molecule has 2 aromatic rings. The van der Waals surface area contributed by atoms with Gasteiger partial charge in [0, 0.05) is 6.61 Å². The van der Waals surface area contributed by atoms with E-state index < -0.39 is 0 Å². The Morgan fingerprint density at radius 3 is 2.37 bits per heavy atom. The van der Waals surface area contributed by atoms with Crippen molar-refractivity contribution in [3.8, 4) is 5.75 Å². The molecule has 0 spiro atoms. The van der Waals surface area contributed by atoms with E-state index in [0.717, 1.165) is 30.8 Å². The first-order valence-corrected chi connectivity index (χ1v) is 8.63. The molecule has 146 valence electrons. The third-order valence-corrected chi connectivity index (χ3v) is 3.67. The van der Waals surface area contributed by atoms with Gasteiger partial charge in [-0.15, -0.1) is 0 Å². The number of rotatable bonds is 9. The zero-order valence-corrected chi connectivity index (χ0v) is 15.7. The molecule has 1 N–H and O–H groups in total. The Morgan fingerprint density at radius 2 is 1.74 bits per heavy atom. The third-order valence-electron chi connectivity index (χ3n) is 3.67. The number of carbonyl (C=O) groups excluding carboxylic acids is 1. The lowest BCUT2D eigenvalue weighted by Gasteiger charge is -2.09. The summed E-state index contributed by atoms with van der Waals surface area (Å²) in [6, 6.07) is 15.5. The second kappa shape index (κ2) is 13.4. The monoisotopic (exact) mass is 374 g/mol. The summed E-state index contributed by atoms with van der Waals surface area (Å²) in [5, 5.41) is 6.89. The zero-order valence-electron chi connectivity index (χ0n) is 15.7. The molecule has 0 amide bonds. The number of aryl methyl sites for hydroxylation is 1. The van der Waals surface area contributed by atoms with Gasteiger partial charge >= 0.3 is 5.97 Å². The molecule has 6 nitrogen and oxygen atoms in total. The van der Waals surface area contributed by atoms with Gasteiger partial charge in [-0.05, 0) is 49.1 Å². The van der Waals surface area contributed by atoms with Crippen LogP contribution in [0.25, 0.3) is 0 Å². The fourth-order valence-electron chi connectivity index (χ4n) is 2.33. The van der Waals surface area contributed by atoms with Crippen molar-refractivity contribution in [2.45, 2.75) is 26.4 Å². The Labute approximate surface area is 159 Å². The fraction of sp³-hybridized carbons (Fsp3) is 0.333. The molecule has 0 aromatic heterocycles. The number of hydrogen-bond donors (Lipinski definition) is 1. The lowest BCUT2D eigenvalue weighted by atomic mass is 10.1. The lowest BCUT2D eigenvalue weighted by Crippen LogP contribution is -2.05. The van der Waals surface area contributed by atoms with Gasteiger partial charge in [0.2, 0.25) is 0 Å². The van der Waals surface area contributed by atoms with Gasteiger partial charge in [-0.2, -0.15) is 0 Å². The molecule has 0 aliphatic heterocycles. The number of benzene rings is 2. The summed E-state index contributed by atoms with van der Waals surface area (Å²) in [4.78, 5) is 19.9. The number of ether oxygens (including phenoxy) is 3. The van der Waals surface area contributed by atoms with Gasteiger partial charge in [0.25, 0.3) is 6.47 Å². The van der Waals surface area contributed by atoms with Gasteiger partial charge in [0.1, 0.15) is 5.75 Å². The average Bonchev–Trinajstić information content (AvgIpc) is 2.68. The van der Waals surface area contributed by atoms with Crippen molar-refractivity contribution in [3.63, 3.8) is 0 Å². The number of esters is 1. The Bertz CT molecular complexity index is 684. The molecule has 0 saturated carbocycles. The van der Waals surface area contributed by atoms with E-state index in [1.54, 1.807) is 12.1 Å². The average molecular weight is 374 g/mol. The van der Waals surface area contributed by atoms with E-state index in [1.807, 2.05) is 31.2 Å². The van der Waals surface area contributed by atoms with E-state index in [0.29, 0.717) is 18.8 Å². The zero-order chi connectivity index (χ0) is 19.9. The summed E-state index contributed by atoms with van der Waals surface area (Å²) in [5.41, 5.74) is 2.61. The molecule has 6 heteroatoms. The first kappa shape index (κ1) is 22.2. The topological polar surface area (TPSA) is 82.1 Å². The van der Waals surface area contributed by atoms with Crippen LogP contribution in [-0.4, -0.2) is 37.9 Å². The first-order chi connectivity index (χ1) is 13.1. The number of carboxylic acid groups (broad SMARTS) is 1. The van der Waals surface area contributed by atoms with Crippen molar-refractivity contribution in [1.82, 2.24) is 0 Å². The maximum atomic E-state index is 11.5. The second-order valence-corrected chi connectivity index (χ2v) is 5.67. The predicted octanol–water partition coefficient (Wildman–Crippen LogP) is 3.86. The fourth-order valence-corrected chi connectivity index (χ4v) is 2.33. The normalized spacial score (nSPS) is 9.70. The molecule has 0 aliphatic carbocycles. The Morgan fingerprint density at radius 1 is 1.07 bits per heavy atom. The largest absolute Gasteiger partial charge is 0.494 e. The molecular formula is C21H26O6. The van der Waals surface area contributed by atoms with Crippen LogP contribution in [0.15, 0.2) is 48.5 Å².